The van der Waals surface area contributed by atoms with Crippen molar-refractivity contribution in [2.75, 3.05) is 4.90 Å². The molecule has 39 heavy (non-hydrogen) atoms. The molecule has 0 unspecified atom stereocenters. The molecule has 1 heterocycles. The number of carbonyl (C=O) groups excluding carboxylic acids is 1. The molecular weight excluding hydrogens is 485 g/mol. The van der Waals surface area contributed by atoms with Gasteiger partial charge in [-0.2, -0.15) is 0 Å². The van der Waals surface area contributed by atoms with Gasteiger partial charge in [0.1, 0.15) is 11.6 Å². The third kappa shape index (κ3) is 7.35. The summed E-state index contributed by atoms with van der Waals surface area (Å²) in [7, 11) is 1.99. The second-order valence-corrected chi connectivity index (χ2v) is 11.9. The van der Waals surface area contributed by atoms with Gasteiger partial charge >= 0.3 is 0 Å². The van der Waals surface area contributed by atoms with E-state index in [1.165, 1.54) is 35.3 Å². The first-order valence-electron chi connectivity index (χ1n) is 14.0. The van der Waals surface area contributed by atoms with Crippen molar-refractivity contribution in [2.45, 2.75) is 72.8 Å². The van der Waals surface area contributed by atoms with Crippen LogP contribution in [0.3, 0.4) is 0 Å². The van der Waals surface area contributed by atoms with E-state index in [1.54, 1.807) is 12.3 Å². The Labute approximate surface area is 233 Å². The number of aromatic nitrogens is 2. The Bertz CT molecular complexity index is 1350. The van der Waals surface area contributed by atoms with Crippen LogP contribution in [0, 0.1) is 24.1 Å². The summed E-state index contributed by atoms with van der Waals surface area (Å²) in [6, 6.07) is 13.1. The van der Waals surface area contributed by atoms with Gasteiger partial charge in [0.25, 0.3) is 0 Å². The number of carbonyl (C=O) groups is 1. The zero-order valence-electron chi connectivity index (χ0n) is 24.2. The van der Waals surface area contributed by atoms with Gasteiger partial charge in [-0.25, -0.2) is 9.37 Å². The molecule has 1 amide bonds. The number of rotatable bonds is 6. The second kappa shape index (κ2) is 12.1. The van der Waals surface area contributed by atoms with E-state index in [4.69, 9.17) is 0 Å². The van der Waals surface area contributed by atoms with Crippen LogP contribution in [0.2, 0.25) is 0 Å². The molecule has 2 aliphatic carbocycles. The standard InChI is InChI=1S/C27H35N3O.C7H7F/c1-19-8-9-21-10-11-23(16-24(19)21)30(18-25-28-13-14-29(25)5)26(31)15-20(2)22-7-6-12-27(3,4)17-22;1-6-3-2-4-7(8)5-6/h6-7,10-14,16,19-20H,8-9,15,17-18H2,1-5H3;2-5H,1H3/t19-,20+;/m1./s1. The molecule has 0 bridgehead atoms. The number of benzene rings is 2. The molecule has 0 radical (unpaired) electrons. The lowest BCUT2D eigenvalue weighted by molar-refractivity contribution is -0.119. The minimum Gasteiger partial charge on any atom is -0.337 e. The predicted octanol–water partition coefficient (Wildman–Crippen LogP) is 8.08. The molecule has 4 nitrogen and oxygen atoms in total. The van der Waals surface area contributed by atoms with Crippen LogP contribution in [0.1, 0.15) is 75.4 Å². The minimum atomic E-state index is -0.162. The summed E-state index contributed by atoms with van der Waals surface area (Å²) in [4.78, 5) is 20.0. The molecule has 206 valence electrons. The first-order valence-corrected chi connectivity index (χ1v) is 14.0. The Hall–Kier alpha value is -3.47. The molecule has 2 atom stereocenters. The first-order chi connectivity index (χ1) is 18.5. The number of amides is 1. The largest absolute Gasteiger partial charge is 0.337 e. The minimum absolute atomic E-state index is 0.157. The van der Waals surface area contributed by atoms with Crippen molar-refractivity contribution in [1.82, 2.24) is 9.55 Å². The highest BCUT2D eigenvalue weighted by atomic mass is 19.1. The number of imidazole rings is 1. The Morgan fingerprint density at radius 3 is 2.67 bits per heavy atom. The van der Waals surface area contributed by atoms with Crippen LogP contribution in [-0.2, 0) is 24.8 Å². The molecule has 0 spiro atoms. The lowest BCUT2D eigenvalue weighted by Gasteiger charge is -2.30. The molecule has 0 N–H and O–H groups in total. The van der Waals surface area contributed by atoms with Crippen molar-refractivity contribution in [2.24, 2.45) is 18.4 Å². The fourth-order valence-electron chi connectivity index (χ4n) is 5.50. The van der Waals surface area contributed by atoms with E-state index >= 15 is 0 Å². The zero-order chi connectivity index (χ0) is 28.2. The number of halogens is 1. The quantitative estimate of drug-likeness (QED) is 0.325. The molecule has 2 aromatic carbocycles. The van der Waals surface area contributed by atoms with Gasteiger partial charge in [-0.3, -0.25) is 4.79 Å². The molecule has 5 heteroatoms. The predicted molar refractivity (Wildman–Crippen MR) is 158 cm³/mol. The molecule has 0 aliphatic heterocycles. The van der Waals surface area contributed by atoms with Gasteiger partial charge in [0.05, 0.1) is 6.54 Å². The maximum Gasteiger partial charge on any atom is 0.227 e. The van der Waals surface area contributed by atoms with Crippen molar-refractivity contribution in [1.29, 1.82) is 0 Å². The fourth-order valence-corrected chi connectivity index (χ4v) is 5.50. The number of allylic oxidation sites excluding steroid dienone is 4. The highest BCUT2D eigenvalue weighted by molar-refractivity contribution is 5.93. The van der Waals surface area contributed by atoms with E-state index < -0.39 is 0 Å². The third-order valence-electron chi connectivity index (χ3n) is 7.95. The number of nitrogens with zero attached hydrogens (tertiary/aromatic N) is 3. The van der Waals surface area contributed by atoms with Crippen molar-refractivity contribution in [3.63, 3.8) is 0 Å². The molecule has 3 aromatic rings. The topological polar surface area (TPSA) is 38.1 Å². The van der Waals surface area contributed by atoms with E-state index in [0.29, 0.717) is 18.9 Å². The van der Waals surface area contributed by atoms with Crippen LogP contribution in [-0.4, -0.2) is 15.5 Å². The number of aryl methyl sites for hydroxylation is 3. The van der Waals surface area contributed by atoms with Crippen molar-refractivity contribution < 1.29 is 9.18 Å². The van der Waals surface area contributed by atoms with Crippen molar-refractivity contribution in [3.05, 3.63) is 107 Å². The number of hydrogen-bond acceptors (Lipinski definition) is 2. The molecule has 5 rings (SSSR count). The summed E-state index contributed by atoms with van der Waals surface area (Å²) in [5.41, 5.74) is 6.29. The molecule has 0 saturated heterocycles. The number of anilines is 1. The Balaban J connectivity index is 0.000000379. The highest BCUT2D eigenvalue weighted by Crippen LogP contribution is 2.37. The van der Waals surface area contributed by atoms with E-state index in [0.717, 1.165) is 29.9 Å². The maximum atomic E-state index is 13.6. The van der Waals surface area contributed by atoms with Gasteiger partial charge in [0.2, 0.25) is 5.91 Å². The molecule has 1 aromatic heterocycles. The Morgan fingerprint density at radius 2 is 2.03 bits per heavy atom. The SMILES string of the molecule is C[C@@H]1CCc2ccc(N(Cc3nccn3C)C(=O)C[C@H](C)C3=CC=CC(C)(C)C3)cc21.Cc1cccc(F)c1. The van der Waals surface area contributed by atoms with Gasteiger partial charge in [-0.15, -0.1) is 0 Å². The monoisotopic (exact) mass is 527 g/mol. The highest BCUT2D eigenvalue weighted by Gasteiger charge is 2.27. The average molecular weight is 528 g/mol. The third-order valence-corrected chi connectivity index (χ3v) is 7.95. The van der Waals surface area contributed by atoms with Crippen LogP contribution in [0.5, 0.6) is 0 Å². The van der Waals surface area contributed by atoms with Crippen LogP contribution in [0.25, 0.3) is 0 Å². The zero-order valence-corrected chi connectivity index (χ0v) is 24.2. The van der Waals surface area contributed by atoms with Gasteiger partial charge in [-0.1, -0.05) is 69.7 Å². The van der Waals surface area contributed by atoms with Gasteiger partial charge in [-0.05, 0) is 84.4 Å². The Morgan fingerprint density at radius 1 is 1.23 bits per heavy atom. The van der Waals surface area contributed by atoms with Crippen molar-refractivity contribution in [3.8, 4) is 0 Å². The molecule has 0 fully saturated rings. The number of hydrogen-bond donors (Lipinski definition) is 0. The summed E-state index contributed by atoms with van der Waals surface area (Å²) >= 11 is 0. The summed E-state index contributed by atoms with van der Waals surface area (Å²) in [5.74, 6) is 1.67. The van der Waals surface area contributed by atoms with Crippen molar-refractivity contribution >= 4 is 11.6 Å². The second-order valence-electron chi connectivity index (χ2n) is 11.9. The fraction of sp³-hybridized carbons (Fsp3) is 0.412. The maximum absolute atomic E-state index is 13.6. The summed E-state index contributed by atoms with van der Waals surface area (Å²) in [6.45, 7) is 11.3. The van der Waals surface area contributed by atoms with E-state index in [-0.39, 0.29) is 23.1 Å². The molecule has 2 aliphatic rings. The molecule has 0 saturated carbocycles. The lowest BCUT2D eigenvalue weighted by atomic mass is 9.77. The van der Waals surface area contributed by atoms with E-state index in [2.05, 4.69) is 69.1 Å². The van der Waals surface area contributed by atoms with Gasteiger partial charge < -0.3 is 9.47 Å². The van der Waals surface area contributed by atoms with Crippen LogP contribution in [0.15, 0.2) is 78.7 Å². The lowest BCUT2D eigenvalue weighted by Crippen LogP contribution is -2.33. The first kappa shape index (κ1) is 28.5. The Kier molecular flexibility index (Phi) is 8.89. The van der Waals surface area contributed by atoms with E-state index in [9.17, 15) is 9.18 Å². The van der Waals surface area contributed by atoms with Crippen LogP contribution in [0.4, 0.5) is 10.1 Å². The summed E-state index contributed by atoms with van der Waals surface area (Å²) in [5, 5.41) is 0. The van der Waals surface area contributed by atoms with Gasteiger partial charge in [0.15, 0.2) is 0 Å². The summed E-state index contributed by atoms with van der Waals surface area (Å²) < 4.78 is 14.2. The van der Waals surface area contributed by atoms with Crippen LogP contribution >= 0.6 is 0 Å². The smallest absolute Gasteiger partial charge is 0.227 e. The molecular formula is C34H42FN3O. The van der Waals surface area contributed by atoms with Gasteiger partial charge in [0, 0.05) is 31.5 Å². The average Bonchev–Trinajstić information content (AvgIpc) is 3.46. The normalized spacial score (nSPS) is 18.0. The number of fused-ring (bicyclic) bond motifs is 1. The van der Waals surface area contributed by atoms with Crippen LogP contribution < -0.4 is 4.90 Å². The summed E-state index contributed by atoms with van der Waals surface area (Å²) in [6.07, 6.45) is 14.2. The van der Waals surface area contributed by atoms with E-state index in [1.807, 2.05) is 35.7 Å².